The Hall–Kier alpha value is -1.70. The first kappa shape index (κ1) is 17.1. The average Bonchev–Trinajstić information content (AvgIpc) is 2.55. The van der Waals surface area contributed by atoms with Crippen molar-refractivity contribution in [2.24, 2.45) is 0 Å². The van der Waals surface area contributed by atoms with Gasteiger partial charge in [-0.25, -0.2) is 8.42 Å². The van der Waals surface area contributed by atoms with Crippen LogP contribution in [0.3, 0.4) is 0 Å². The van der Waals surface area contributed by atoms with Gasteiger partial charge in [0.05, 0.1) is 6.26 Å². The SMILES string of the molecule is CS(=O)(=O)N1Cc2ccccc2C[C@H]1C(=O)Nc1ccc(Br)cc1. The van der Waals surface area contributed by atoms with Crippen LogP contribution in [0, 0.1) is 0 Å². The quantitative estimate of drug-likeness (QED) is 0.848. The second kappa shape index (κ2) is 6.66. The van der Waals surface area contributed by atoms with E-state index in [1.54, 1.807) is 12.1 Å². The highest BCUT2D eigenvalue weighted by molar-refractivity contribution is 9.10. The zero-order valence-corrected chi connectivity index (χ0v) is 15.5. The van der Waals surface area contributed by atoms with Gasteiger partial charge in [0.1, 0.15) is 6.04 Å². The summed E-state index contributed by atoms with van der Waals surface area (Å²) < 4.78 is 26.5. The number of hydrogen-bond donors (Lipinski definition) is 1. The topological polar surface area (TPSA) is 66.5 Å². The van der Waals surface area contributed by atoms with Gasteiger partial charge in [-0.2, -0.15) is 4.31 Å². The number of benzene rings is 2. The molecule has 24 heavy (non-hydrogen) atoms. The maximum Gasteiger partial charge on any atom is 0.243 e. The summed E-state index contributed by atoms with van der Waals surface area (Å²) in [7, 11) is -3.50. The Bertz CT molecular complexity index is 866. The maximum atomic E-state index is 12.7. The van der Waals surface area contributed by atoms with Gasteiger partial charge < -0.3 is 5.32 Å². The van der Waals surface area contributed by atoms with Gasteiger partial charge >= 0.3 is 0 Å². The van der Waals surface area contributed by atoms with Crippen LogP contribution in [0.4, 0.5) is 5.69 Å². The van der Waals surface area contributed by atoms with Crippen molar-refractivity contribution in [3.8, 4) is 0 Å². The molecule has 0 bridgehead atoms. The van der Waals surface area contributed by atoms with E-state index in [1.165, 1.54) is 4.31 Å². The summed E-state index contributed by atoms with van der Waals surface area (Å²) in [4.78, 5) is 12.7. The van der Waals surface area contributed by atoms with Crippen LogP contribution >= 0.6 is 15.9 Å². The standard InChI is InChI=1S/C17H17BrN2O3S/c1-24(22,23)20-11-13-5-3-2-4-12(13)10-16(20)17(21)19-15-8-6-14(18)7-9-15/h2-9,16H,10-11H2,1H3,(H,19,21)/t16-/m0/s1. The van der Waals surface area contributed by atoms with Crippen molar-refractivity contribution >= 4 is 37.5 Å². The molecule has 0 saturated heterocycles. The van der Waals surface area contributed by atoms with Gasteiger partial charge in [-0.1, -0.05) is 40.2 Å². The van der Waals surface area contributed by atoms with Gasteiger partial charge in [0.15, 0.2) is 0 Å². The smallest absolute Gasteiger partial charge is 0.243 e. The van der Waals surface area contributed by atoms with E-state index in [-0.39, 0.29) is 12.5 Å². The number of sulfonamides is 1. The second-order valence-electron chi connectivity index (χ2n) is 5.79. The number of amides is 1. The molecule has 2 aromatic carbocycles. The molecule has 1 aliphatic heterocycles. The molecule has 0 spiro atoms. The number of anilines is 1. The number of nitrogens with one attached hydrogen (secondary N) is 1. The van der Waals surface area contributed by atoms with Gasteiger partial charge in [-0.15, -0.1) is 0 Å². The predicted octanol–water partition coefficient (Wildman–Crippen LogP) is 2.77. The number of halogens is 1. The minimum absolute atomic E-state index is 0.216. The van der Waals surface area contributed by atoms with Crippen molar-refractivity contribution in [2.75, 3.05) is 11.6 Å². The molecule has 7 heteroatoms. The van der Waals surface area contributed by atoms with Crippen molar-refractivity contribution in [1.29, 1.82) is 0 Å². The highest BCUT2D eigenvalue weighted by Crippen LogP contribution is 2.26. The first-order chi connectivity index (χ1) is 11.3. The largest absolute Gasteiger partial charge is 0.325 e. The lowest BCUT2D eigenvalue weighted by Gasteiger charge is -2.34. The molecule has 0 unspecified atom stereocenters. The number of carbonyl (C=O) groups is 1. The predicted molar refractivity (Wildman–Crippen MR) is 97.1 cm³/mol. The third-order valence-electron chi connectivity index (χ3n) is 4.05. The van der Waals surface area contributed by atoms with Gasteiger partial charge in [0.2, 0.25) is 15.9 Å². The molecule has 0 fully saturated rings. The van der Waals surface area contributed by atoms with E-state index in [2.05, 4.69) is 21.2 Å². The highest BCUT2D eigenvalue weighted by atomic mass is 79.9. The van der Waals surface area contributed by atoms with Crippen LogP contribution in [0.2, 0.25) is 0 Å². The van der Waals surface area contributed by atoms with E-state index in [9.17, 15) is 13.2 Å². The maximum absolute atomic E-state index is 12.7. The second-order valence-corrected chi connectivity index (χ2v) is 8.64. The Morgan fingerprint density at radius 3 is 2.38 bits per heavy atom. The molecule has 3 rings (SSSR count). The molecule has 1 atom stereocenters. The molecule has 1 aliphatic rings. The van der Waals surface area contributed by atoms with Crippen LogP contribution < -0.4 is 5.32 Å². The number of fused-ring (bicyclic) bond motifs is 1. The van der Waals surface area contributed by atoms with Crippen LogP contribution in [-0.4, -0.2) is 30.9 Å². The Kier molecular flexibility index (Phi) is 4.76. The summed E-state index contributed by atoms with van der Waals surface area (Å²) in [5.74, 6) is -0.322. The Morgan fingerprint density at radius 1 is 1.12 bits per heavy atom. The monoisotopic (exact) mass is 408 g/mol. The fourth-order valence-electron chi connectivity index (χ4n) is 2.83. The first-order valence-corrected chi connectivity index (χ1v) is 10.1. The van der Waals surface area contributed by atoms with Gasteiger partial charge in [0.25, 0.3) is 0 Å². The van der Waals surface area contributed by atoms with Gasteiger partial charge in [-0.3, -0.25) is 4.79 Å². The Balaban J connectivity index is 1.88. The summed E-state index contributed by atoms with van der Waals surface area (Å²) in [6.07, 6.45) is 1.51. The minimum Gasteiger partial charge on any atom is -0.325 e. The van der Waals surface area contributed by atoms with Crippen molar-refractivity contribution in [3.05, 3.63) is 64.1 Å². The van der Waals surface area contributed by atoms with Gasteiger partial charge in [-0.05, 0) is 41.8 Å². The summed E-state index contributed by atoms with van der Waals surface area (Å²) in [5, 5.41) is 2.81. The molecule has 1 heterocycles. The number of nitrogens with zero attached hydrogens (tertiary/aromatic N) is 1. The zero-order valence-electron chi connectivity index (χ0n) is 13.1. The van der Waals surface area contributed by atoms with Gasteiger partial charge in [0, 0.05) is 16.7 Å². The van der Waals surface area contributed by atoms with E-state index < -0.39 is 16.1 Å². The first-order valence-electron chi connectivity index (χ1n) is 7.44. The molecule has 1 amide bonds. The third-order valence-corrected chi connectivity index (χ3v) is 5.81. The van der Waals surface area contributed by atoms with E-state index in [4.69, 9.17) is 0 Å². The Labute approximate surface area is 149 Å². The minimum atomic E-state index is -3.50. The lowest BCUT2D eigenvalue weighted by atomic mass is 9.95. The molecule has 0 aliphatic carbocycles. The van der Waals surface area contributed by atoms with E-state index >= 15 is 0 Å². The molecular formula is C17H17BrN2O3S. The summed E-state index contributed by atoms with van der Waals surface area (Å²) >= 11 is 3.34. The fourth-order valence-corrected chi connectivity index (χ4v) is 4.10. The molecule has 0 saturated carbocycles. The van der Waals surface area contributed by atoms with Crippen LogP contribution in [0.25, 0.3) is 0 Å². The zero-order chi connectivity index (χ0) is 17.3. The van der Waals surface area contributed by atoms with Crippen molar-refractivity contribution in [1.82, 2.24) is 4.31 Å². The van der Waals surface area contributed by atoms with Crippen LogP contribution in [0.15, 0.2) is 53.0 Å². The van der Waals surface area contributed by atoms with E-state index in [0.717, 1.165) is 21.9 Å². The van der Waals surface area contributed by atoms with Crippen LogP contribution in [-0.2, 0) is 27.8 Å². The Morgan fingerprint density at radius 2 is 1.75 bits per heavy atom. The van der Waals surface area contributed by atoms with Crippen molar-refractivity contribution in [3.63, 3.8) is 0 Å². The van der Waals surface area contributed by atoms with Crippen molar-refractivity contribution < 1.29 is 13.2 Å². The third kappa shape index (κ3) is 3.68. The summed E-state index contributed by atoms with van der Waals surface area (Å²) in [6.45, 7) is 0.216. The summed E-state index contributed by atoms with van der Waals surface area (Å²) in [6, 6.07) is 14.0. The summed E-state index contributed by atoms with van der Waals surface area (Å²) in [5.41, 5.74) is 2.58. The van der Waals surface area contributed by atoms with E-state index in [0.29, 0.717) is 12.1 Å². The molecule has 1 N–H and O–H groups in total. The number of carbonyl (C=O) groups excluding carboxylic acids is 1. The molecule has 0 radical (unpaired) electrons. The molecular weight excluding hydrogens is 392 g/mol. The molecule has 126 valence electrons. The highest BCUT2D eigenvalue weighted by Gasteiger charge is 2.36. The van der Waals surface area contributed by atoms with Crippen molar-refractivity contribution in [2.45, 2.75) is 19.0 Å². The fraction of sp³-hybridized carbons (Fsp3) is 0.235. The molecule has 0 aromatic heterocycles. The lowest BCUT2D eigenvalue weighted by molar-refractivity contribution is -0.120. The van der Waals surface area contributed by atoms with E-state index in [1.807, 2.05) is 36.4 Å². The average molecular weight is 409 g/mol. The lowest BCUT2D eigenvalue weighted by Crippen LogP contribution is -2.50. The molecule has 5 nitrogen and oxygen atoms in total. The molecule has 2 aromatic rings. The van der Waals surface area contributed by atoms with Crippen LogP contribution in [0.5, 0.6) is 0 Å². The number of rotatable bonds is 3. The number of hydrogen-bond acceptors (Lipinski definition) is 3. The van der Waals surface area contributed by atoms with Crippen LogP contribution in [0.1, 0.15) is 11.1 Å². The normalized spacial score (nSPS) is 18.0.